The number of oxime groups is 1. The lowest BCUT2D eigenvalue weighted by molar-refractivity contribution is 0.214. The number of ether oxygens (including phenoxy) is 3. The maximum Gasteiger partial charge on any atom is 0.254 e. The zero-order valence-electron chi connectivity index (χ0n) is 19.8. The predicted molar refractivity (Wildman–Crippen MR) is 126 cm³/mol. The van der Waals surface area contributed by atoms with Gasteiger partial charge in [0, 0.05) is 0 Å². The highest BCUT2D eigenvalue weighted by molar-refractivity contribution is 5.75. The van der Waals surface area contributed by atoms with Crippen LogP contribution in [0.1, 0.15) is 62.3 Å². The minimum atomic E-state index is 0.475. The largest absolute Gasteiger partial charge is 0.493 e. The molecule has 0 saturated heterocycles. The molecule has 0 aliphatic heterocycles. The van der Waals surface area contributed by atoms with Crippen molar-refractivity contribution in [1.29, 1.82) is 0 Å². The number of hydrogen-bond donors (Lipinski definition) is 0. The van der Waals surface area contributed by atoms with Crippen LogP contribution in [0.3, 0.4) is 0 Å². The van der Waals surface area contributed by atoms with Crippen LogP contribution in [-0.4, -0.2) is 38.3 Å². The Hall–Kier alpha value is -2.96. The van der Waals surface area contributed by atoms with E-state index < -0.39 is 0 Å². The van der Waals surface area contributed by atoms with Crippen molar-refractivity contribution in [3.63, 3.8) is 0 Å². The van der Waals surface area contributed by atoms with Crippen molar-refractivity contribution < 1.29 is 23.6 Å². The van der Waals surface area contributed by atoms with E-state index >= 15 is 0 Å². The number of allylic oxidation sites excluding steroid dienone is 1. The lowest BCUT2D eigenvalue weighted by atomic mass is 10.1. The summed E-state index contributed by atoms with van der Waals surface area (Å²) in [5.41, 5.74) is 2.23. The van der Waals surface area contributed by atoms with Crippen LogP contribution in [0.15, 0.2) is 40.0 Å². The molecule has 0 saturated carbocycles. The van der Waals surface area contributed by atoms with Crippen LogP contribution in [0.25, 0.3) is 0 Å². The van der Waals surface area contributed by atoms with Gasteiger partial charge in [-0.25, -0.2) is 0 Å². The zero-order valence-corrected chi connectivity index (χ0v) is 19.8. The van der Waals surface area contributed by atoms with Crippen molar-refractivity contribution in [2.24, 2.45) is 5.16 Å². The summed E-state index contributed by atoms with van der Waals surface area (Å²) in [6, 6.07) is 5.78. The molecule has 0 radical (unpaired) electrons. The molecule has 2 rings (SSSR count). The van der Waals surface area contributed by atoms with Gasteiger partial charge >= 0.3 is 0 Å². The SMILES string of the molecule is C/C=C/COc1cc(C)c(OCCCCCCCCOc2cc(/C=N/OC)on2)c(C)c1. The van der Waals surface area contributed by atoms with Gasteiger partial charge in [0.1, 0.15) is 31.4 Å². The van der Waals surface area contributed by atoms with E-state index in [2.05, 4.69) is 29.0 Å². The summed E-state index contributed by atoms with van der Waals surface area (Å²) in [4.78, 5) is 4.59. The van der Waals surface area contributed by atoms with E-state index in [-0.39, 0.29) is 0 Å². The van der Waals surface area contributed by atoms with Gasteiger partial charge < -0.3 is 23.6 Å². The number of aromatic nitrogens is 1. The molecular weight excluding hydrogens is 408 g/mol. The third kappa shape index (κ3) is 9.45. The first kappa shape index (κ1) is 25.3. The topological polar surface area (TPSA) is 75.3 Å². The van der Waals surface area contributed by atoms with Crippen LogP contribution in [-0.2, 0) is 4.84 Å². The van der Waals surface area contributed by atoms with E-state index in [9.17, 15) is 0 Å². The summed E-state index contributed by atoms with van der Waals surface area (Å²) in [5.74, 6) is 2.84. The molecule has 2 aromatic rings. The zero-order chi connectivity index (χ0) is 23.0. The second-order valence-electron chi connectivity index (χ2n) is 7.57. The Labute approximate surface area is 191 Å². The number of nitrogens with zero attached hydrogens (tertiary/aromatic N) is 2. The third-order valence-electron chi connectivity index (χ3n) is 4.84. The fourth-order valence-corrected chi connectivity index (χ4v) is 3.23. The molecule has 7 nitrogen and oxygen atoms in total. The van der Waals surface area contributed by atoms with E-state index in [1.165, 1.54) is 26.2 Å². The van der Waals surface area contributed by atoms with Gasteiger partial charge in [-0.15, -0.1) is 0 Å². The molecule has 0 fully saturated rings. The molecule has 0 atom stereocenters. The first-order valence-electron chi connectivity index (χ1n) is 11.3. The molecule has 0 aliphatic rings. The highest BCUT2D eigenvalue weighted by Gasteiger charge is 2.07. The van der Waals surface area contributed by atoms with Gasteiger partial charge in [-0.3, -0.25) is 0 Å². The van der Waals surface area contributed by atoms with Crippen molar-refractivity contribution in [2.45, 2.75) is 59.3 Å². The summed E-state index contributed by atoms with van der Waals surface area (Å²) in [5, 5.41) is 7.45. The second-order valence-corrected chi connectivity index (χ2v) is 7.57. The Morgan fingerprint density at radius 1 is 0.906 bits per heavy atom. The average molecular weight is 445 g/mol. The highest BCUT2D eigenvalue weighted by atomic mass is 16.6. The second kappa shape index (κ2) is 14.9. The number of unbranched alkanes of at least 4 members (excludes halogenated alkanes) is 5. The van der Waals surface area contributed by atoms with E-state index in [0.717, 1.165) is 54.9 Å². The van der Waals surface area contributed by atoms with Crippen LogP contribution in [0, 0.1) is 13.8 Å². The van der Waals surface area contributed by atoms with Gasteiger partial charge in [-0.1, -0.05) is 43.0 Å². The first-order valence-corrected chi connectivity index (χ1v) is 11.3. The molecule has 0 N–H and O–H groups in total. The van der Waals surface area contributed by atoms with E-state index in [1.54, 1.807) is 6.07 Å². The van der Waals surface area contributed by atoms with Gasteiger partial charge in [-0.05, 0) is 62.0 Å². The van der Waals surface area contributed by atoms with Crippen LogP contribution >= 0.6 is 0 Å². The standard InChI is InChI=1S/C25H36N2O5/c1-5-6-13-29-22-16-20(2)25(21(3)17-22)31-15-12-10-8-7-9-11-14-30-24-18-23(32-27-24)19-26-28-4/h5-6,16-19H,7-15H2,1-4H3/b6-5+,26-19+. The van der Waals surface area contributed by atoms with Crippen LogP contribution in [0.2, 0.25) is 0 Å². The van der Waals surface area contributed by atoms with E-state index in [4.69, 9.17) is 18.7 Å². The Kier molecular flexibility index (Phi) is 11.8. The molecule has 0 amide bonds. The quantitative estimate of drug-likeness (QED) is 0.136. The molecular formula is C25H36N2O5. The van der Waals surface area contributed by atoms with E-state index in [0.29, 0.717) is 24.9 Å². The highest BCUT2D eigenvalue weighted by Crippen LogP contribution is 2.28. The summed E-state index contributed by atoms with van der Waals surface area (Å²) < 4.78 is 22.4. The Balaban J connectivity index is 1.52. The summed E-state index contributed by atoms with van der Waals surface area (Å²) in [6.07, 6.45) is 12.1. The molecule has 1 aromatic heterocycles. The molecule has 1 heterocycles. The molecule has 1 aromatic carbocycles. The van der Waals surface area contributed by atoms with Crippen molar-refractivity contribution in [1.82, 2.24) is 5.16 Å². The molecule has 32 heavy (non-hydrogen) atoms. The molecule has 0 bridgehead atoms. The van der Waals surface area contributed by atoms with Crippen LogP contribution < -0.4 is 14.2 Å². The maximum atomic E-state index is 6.05. The fourth-order valence-electron chi connectivity index (χ4n) is 3.23. The maximum absolute atomic E-state index is 6.05. The molecule has 0 aliphatic carbocycles. The summed E-state index contributed by atoms with van der Waals surface area (Å²) in [7, 11) is 1.47. The van der Waals surface area contributed by atoms with E-state index in [1.807, 2.05) is 31.2 Å². The smallest absolute Gasteiger partial charge is 0.254 e. The van der Waals surface area contributed by atoms with Crippen molar-refractivity contribution in [3.05, 3.63) is 47.2 Å². The van der Waals surface area contributed by atoms with Crippen molar-refractivity contribution >= 4 is 6.21 Å². The molecule has 7 heteroatoms. The summed E-state index contributed by atoms with van der Waals surface area (Å²) >= 11 is 0. The average Bonchev–Trinajstić information content (AvgIpc) is 3.23. The summed E-state index contributed by atoms with van der Waals surface area (Å²) in [6.45, 7) is 8.09. The van der Waals surface area contributed by atoms with Gasteiger partial charge in [0.25, 0.3) is 5.88 Å². The normalized spacial score (nSPS) is 11.4. The van der Waals surface area contributed by atoms with Crippen LogP contribution in [0.4, 0.5) is 0 Å². The first-order chi connectivity index (χ1) is 15.6. The number of hydrogen-bond acceptors (Lipinski definition) is 7. The monoisotopic (exact) mass is 444 g/mol. The van der Waals surface area contributed by atoms with Crippen molar-refractivity contribution in [3.8, 4) is 17.4 Å². The minimum absolute atomic E-state index is 0.475. The number of aryl methyl sites for hydroxylation is 2. The van der Waals surface area contributed by atoms with Crippen LogP contribution in [0.5, 0.6) is 17.4 Å². The van der Waals surface area contributed by atoms with Gasteiger partial charge in [0.05, 0.1) is 19.3 Å². The minimum Gasteiger partial charge on any atom is -0.493 e. The van der Waals surface area contributed by atoms with Gasteiger partial charge in [-0.2, -0.15) is 0 Å². The fraction of sp³-hybridized carbons (Fsp3) is 0.520. The van der Waals surface area contributed by atoms with Gasteiger partial charge in [0.15, 0.2) is 5.76 Å². The predicted octanol–water partition coefficient (Wildman–Crippen LogP) is 6.03. The molecule has 0 spiro atoms. The third-order valence-corrected chi connectivity index (χ3v) is 4.84. The Morgan fingerprint density at radius 2 is 1.56 bits per heavy atom. The molecule has 0 unspecified atom stereocenters. The lowest BCUT2D eigenvalue weighted by Gasteiger charge is -2.14. The lowest BCUT2D eigenvalue weighted by Crippen LogP contribution is -2.02. The van der Waals surface area contributed by atoms with Crippen molar-refractivity contribution in [2.75, 3.05) is 26.9 Å². The Morgan fingerprint density at radius 3 is 2.22 bits per heavy atom. The number of benzene rings is 1. The Bertz CT molecular complexity index is 822. The number of rotatable bonds is 16. The van der Waals surface area contributed by atoms with Gasteiger partial charge in [0.2, 0.25) is 0 Å². The molecule has 176 valence electrons.